The Morgan fingerprint density at radius 1 is 1.23 bits per heavy atom. The number of hydrogen-bond donors (Lipinski definition) is 1. The highest BCUT2D eigenvalue weighted by atomic mass is 14.9. The molecule has 1 N–H and O–H groups in total. The van der Waals surface area contributed by atoms with Crippen molar-refractivity contribution in [3.05, 3.63) is 0 Å². The standard InChI is InChI=1S/C12H25N/c1-4-12(3,5-2)10-11-8-6-7-9-13-11/h11,13H,4-10H2,1-3H3. The topological polar surface area (TPSA) is 12.0 Å². The molecule has 1 atom stereocenters. The van der Waals surface area contributed by atoms with Gasteiger partial charge in [0, 0.05) is 6.04 Å². The summed E-state index contributed by atoms with van der Waals surface area (Å²) in [4.78, 5) is 0. The van der Waals surface area contributed by atoms with E-state index in [9.17, 15) is 0 Å². The number of nitrogens with one attached hydrogen (secondary N) is 1. The molecule has 1 aliphatic heterocycles. The molecule has 0 aromatic rings. The summed E-state index contributed by atoms with van der Waals surface area (Å²) >= 11 is 0. The maximum Gasteiger partial charge on any atom is 0.00722 e. The van der Waals surface area contributed by atoms with Crippen LogP contribution in [0.2, 0.25) is 0 Å². The SMILES string of the molecule is CCC(C)(CC)CC1CCCCN1. The highest BCUT2D eigenvalue weighted by molar-refractivity contribution is 4.81. The molecule has 0 saturated carbocycles. The minimum absolute atomic E-state index is 0.578. The number of rotatable bonds is 4. The third-order valence-electron chi connectivity index (χ3n) is 3.86. The first kappa shape index (κ1) is 11.0. The lowest BCUT2D eigenvalue weighted by Gasteiger charge is -2.34. The summed E-state index contributed by atoms with van der Waals surface area (Å²) in [6.45, 7) is 8.33. The molecule has 0 spiro atoms. The Morgan fingerprint density at radius 3 is 2.38 bits per heavy atom. The van der Waals surface area contributed by atoms with Gasteiger partial charge in [0.1, 0.15) is 0 Å². The lowest BCUT2D eigenvalue weighted by atomic mass is 9.77. The van der Waals surface area contributed by atoms with Gasteiger partial charge in [-0.2, -0.15) is 0 Å². The van der Waals surface area contributed by atoms with E-state index in [-0.39, 0.29) is 0 Å². The van der Waals surface area contributed by atoms with Gasteiger partial charge in [0.05, 0.1) is 0 Å². The molecule has 0 amide bonds. The van der Waals surface area contributed by atoms with E-state index in [1.807, 2.05) is 0 Å². The lowest BCUT2D eigenvalue weighted by molar-refractivity contribution is 0.215. The molecular formula is C12H25N. The predicted molar refractivity (Wildman–Crippen MR) is 58.9 cm³/mol. The van der Waals surface area contributed by atoms with Crippen molar-refractivity contribution in [2.45, 2.75) is 65.3 Å². The first-order chi connectivity index (χ1) is 6.20. The first-order valence-electron chi connectivity index (χ1n) is 5.93. The van der Waals surface area contributed by atoms with Crippen molar-refractivity contribution in [2.24, 2.45) is 5.41 Å². The Bertz CT molecular complexity index is 132. The molecule has 1 unspecified atom stereocenters. The summed E-state index contributed by atoms with van der Waals surface area (Å²) in [6, 6.07) is 0.804. The summed E-state index contributed by atoms with van der Waals surface area (Å²) < 4.78 is 0. The molecule has 1 fully saturated rings. The van der Waals surface area contributed by atoms with E-state index in [0.29, 0.717) is 5.41 Å². The fraction of sp³-hybridized carbons (Fsp3) is 1.00. The minimum atomic E-state index is 0.578. The zero-order valence-electron chi connectivity index (χ0n) is 9.53. The van der Waals surface area contributed by atoms with Crippen molar-refractivity contribution in [1.29, 1.82) is 0 Å². The van der Waals surface area contributed by atoms with Crippen LogP contribution in [0.1, 0.15) is 59.3 Å². The van der Waals surface area contributed by atoms with Crippen molar-refractivity contribution in [3.63, 3.8) is 0 Å². The van der Waals surface area contributed by atoms with Crippen LogP contribution < -0.4 is 5.32 Å². The van der Waals surface area contributed by atoms with Crippen LogP contribution in [0.25, 0.3) is 0 Å². The molecule has 0 aliphatic carbocycles. The van der Waals surface area contributed by atoms with Gasteiger partial charge in [-0.05, 0) is 31.2 Å². The van der Waals surface area contributed by atoms with Crippen LogP contribution in [-0.4, -0.2) is 12.6 Å². The van der Waals surface area contributed by atoms with Crippen LogP contribution in [0.3, 0.4) is 0 Å². The highest BCUT2D eigenvalue weighted by Crippen LogP contribution is 2.32. The molecule has 0 bridgehead atoms. The number of piperidine rings is 1. The van der Waals surface area contributed by atoms with E-state index < -0.39 is 0 Å². The lowest BCUT2D eigenvalue weighted by Crippen LogP contribution is -2.37. The van der Waals surface area contributed by atoms with Crippen molar-refractivity contribution < 1.29 is 0 Å². The molecule has 0 aromatic heterocycles. The smallest absolute Gasteiger partial charge is 0.00722 e. The molecule has 0 radical (unpaired) electrons. The van der Waals surface area contributed by atoms with E-state index in [1.165, 1.54) is 45.1 Å². The Labute approximate surface area is 83.3 Å². The summed E-state index contributed by atoms with van der Waals surface area (Å²) in [5.41, 5.74) is 0.578. The third-order valence-corrected chi connectivity index (χ3v) is 3.86. The van der Waals surface area contributed by atoms with Gasteiger partial charge in [-0.1, -0.05) is 40.0 Å². The Morgan fingerprint density at radius 2 is 1.92 bits per heavy atom. The number of hydrogen-bond acceptors (Lipinski definition) is 1. The second kappa shape index (κ2) is 4.99. The second-order valence-electron chi connectivity index (χ2n) is 4.87. The van der Waals surface area contributed by atoms with E-state index in [2.05, 4.69) is 26.1 Å². The first-order valence-corrected chi connectivity index (χ1v) is 5.93. The average Bonchev–Trinajstić information content (AvgIpc) is 2.19. The average molecular weight is 183 g/mol. The monoisotopic (exact) mass is 183 g/mol. The van der Waals surface area contributed by atoms with Crippen molar-refractivity contribution in [3.8, 4) is 0 Å². The Hall–Kier alpha value is -0.0400. The summed E-state index contributed by atoms with van der Waals surface area (Å²) in [6.07, 6.45) is 8.23. The highest BCUT2D eigenvalue weighted by Gasteiger charge is 2.25. The van der Waals surface area contributed by atoms with E-state index in [1.54, 1.807) is 0 Å². The van der Waals surface area contributed by atoms with Crippen LogP contribution in [0.15, 0.2) is 0 Å². The zero-order chi connectivity index (χ0) is 9.73. The van der Waals surface area contributed by atoms with E-state index in [0.717, 1.165) is 6.04 Å². The van der Waals surface area contributed by atoms with Crippen molar-refractivity contribution >= 4 is 0 Å². The molecular weight excluding hydrogens is 158 g/mol. The normalized spacial score (nSPS) is 24.7. The van der Waals surface area contributed by atoms with Gasteiger partial charge in [-0.25, -0.2) is 0 Å². The predicted octanol–water partition coefficient (Wildman–Crippen LogP) is 3.34. The summed E-state index contributed by atoms with van der Waals surface area (Å²) in [5.74, 6) is 0. The van der Waals surface area contributed by atoms with Gasteiger partial charge in [-0.15, -0.1) is 0 Å². The fourth-order valence-corrected chi connectivity index (χ4v) is 2.23. The Balaban J connectivity index is 2.35. The molecule has 1 heteroatoms. The molecule has 1 aliphatic rings. The van der Waals surface area contributed by atoms with E-state index in [4.69, 9.17) is 0 Å². The largest absolute Gasteiger partial charge is 0.314 e. The fourth-order valence-electron chi connectivity index (χ4n) is 2.23. The molecule has 1 saturated heterocycles. The summed E-state index contributed by atoms with van der Waals surface area (Å²) in [7, 11) is 0. The van der Waals surface area contributed by atoms with Crippen LogP contribution in [-0.2, 0) is 0 Å². The molecule has 1 nitrogen and oxygen atoms in total. The van der Waals surface area contributed by atoms with Gasteiger partial charge in [0.15, 0.2) is 0 Å². The zero-order valence-corrected chi connectivity index (χ0v) is 9.53. The Kier molecular flexibility index (Phi) is 4.24. The van der Waals surface area contributed by atoms with Crippen LogP contribution in [0.4, 0.5) is 0 Å². The minimum Gasteiger partial charge on any atom is -0.314 e. The van der Waals surface area contributed by atoms with Gasteiger partial charge in [0.2, 0.25) is 0 Å². The van der Waals surface area contributed by atoms with Crippen LogP contribution in [0.5, 0.6) is 0 Å². The maximum absolute atomic E-state index is 3.64. The van der Waals surface area contributed by atoms with Crippen LogP contribution >= 0.6 is 0 Å². The van der Waals surface area contributed by atoms with Gasteiger partial charge >= 0.3 is 0 Å². The van der Waals surface area contributed by atoms with Crippen molar-refractivity contribution in [2.75, 3.05) is 6.54 Å². The quantitative estimate of drug-likeness (QED) is 0.705. The van der Waals surface area contributed by atoms with Crippen molar-refractivity contribution in [1.82, 2.24) is 5.32 Å². The van der Waals surface area contributed by atoms with E-state index >= 15 is 0 Å². The van der Waals surface area contributed by atoms with Gasteiger partial charge in [-0.3, -0.25) is 0 Å². The second-order valence-corrected chi connectivity index (χ2v) is 4.87. The van der Waals surface area contributed by atoms with Crippen LogP contribution in [0, 0.1) is 5.41 Å². The molecule has 13 heavy (non-hydrogen) atoms. The molecule has 1 heterocycles. The summed E-state index contributed by atoms with van der Waals surface area (Å²) in [5, 5.41) is 3.64. The molecule has 1 rings (SSSR count). The third kappa shape index (κ3) is 3.30. The maximum atomic E-state index is 3.64. The molecule has 0 aromatic carbocycles. The van der Waals surface area contributed by atoms with Gasteiger partial charge < -0.3 is 5.32 Å². The van der Waals surface area contributed by atoms with Gasteiger partial charge in [0.25, 0.3) is 0 Å². The molecule has 78 valence electrons.